The van der Waals surface area contributed by atoms with Crippen LogP contribution < -0.4 is 5.32 Å². The molecule has 1 atom stereocenters. The summed E-state index contributed by atoms with van der Waals surface area (Å²) in [6.07, 6.45) is 1.09. The van der Waals surface area contributed by atoms with E-state index in [1.807, 2.05) is 23.6 Å². The van der Waals surface area contributed by atoms with E-state index in [1.54, 1.807) is 11.3 Å². The van der Waals surface area contributed by atoms with Gasteiger partial charge in [-0.05, 0) is 18.4 Å². The maximum absolute atomic E-state index is 12.6. The van der Waals surface area contributed by atoms with Crippen LogP contribution in [0.15, 0.2) is 29.6 Å². The zero-order valence-electron chi connectivity index (χ0n) is 14.5. The Kier molecular flexibility index (Phi) is 5.87. The third-order valence-electron chi connectivity index (χ3n) is 4.53. The van der Waals surface area contributed by atoms with Gasteiger partial charge < -0.3 is 10.1 Å². The van der Waals surface area contributed by atoms with E-state index >= 15 is 0 Å². The lowest BCUT2D eigenvalue weighted by molar-refractivity contribution is 0.0124. The molecule has 1 saturated heterocycles. The van der Waals surface area contributed by atoms with Crippen LogP contribution in [0, 0.1) is 5.92 Å². The van der Waals surface area contributed by atoms with Crippen LogP contribution in [0.3, 0.4) is 0 Å². The highest BCUT2D eigenvalue weighted by molar-refractivity contribution is 7.17. The van der Waals surface area contributed by atoms with Crippen molar-refractivity contribution in [3.63, 3.8) is 0 Å². The minimum absolute atomic E-state index is 0.0365. The summed E-state index contributed by atoms with van der Waals surface area (Å²) in [7, 11) is 0. The molecule has 0 saturated carbocycles. The SMILES string of the molecule is CC(C)C[C@@H](CNC(=O)c1csc2ccccc12)N1CCOCC1. The summed E-state index contributed by atoms with van der Waals surface area (Å²) in [4.78, 5) is 15.1. The topological polar surface area (TPSA) is 41.6 Å². The van der Waals surface area contributed by atoms with Gasteiger partial charge in [-0.25, -0.2) is 0 Å². The van der Waals surface area contributed by atoms with Crippen molar-refractivity contribution in [2.75, 3.05) is 32.8 Å². The molecule has 0 bridgehead atoms. The fourth-order valence-electron chi connectivity index (χ4n) is 3.31. The van der Waals surface area contributed by atoms with Crippen LogP contribution in [0.25, 0.3) is 10.1 Å². The molecule has 1 aliphatic rings. The Hall–Kier alpha value is -1.43. The maximum Gasteiger partial charge on any atom is 0.252 e. The summed E-state index contributed by atoms with van der Waals surface area (Å²) >= 11 is 1.63. The second-order valence-corrected chi connectivity index (χ2v) is 7.70. The molecule has 1 aliphatic heterocycles. The van der Waals surface area contributed by atoms with Crippen LogP contribution in [0.1, 0.15) is 30.6 Å². The van der Waals surface area contributed by atoms with Crippen molar-refractivity contribution in [3.05, 3.63) is 35.2 Å². The number of carbonyl (C=O) groups excluding carboxylic acids is 1. The molecule has 130 valence electrons. The molecule has 1 aromatic carbocycles. The van der Waals surface area contributed by atoms with Gasteiger partial charge in [-0.3, -0.25) is 9.69 Å². The van der Waals surface area contributed by atoms with Crippen molar-refractivity contribution in [3.8, 4) is 0 Å². The molecule has 2 heterocycles. The lowest BCUT2D eigenvalue weighted by Gasteiger charge is -2.35. The smallest absolute Gasteiger partial charge is 0.252 e. The zero-order chi connectivity index (χ0) is 16.9. The molecule has 2 aromatic rings. The lowest BCUT2D eigenvalue weighted by atomic mass is 10.0. The quantitative estimate of drug-likeness (QED) is 0.872. The van der Waals surface area contributed by atoms with E-state index in [2.05, 4.69) is 30.1 Å². The van der Waals surface area contributed by atoms with Crippen LogP contribution >= 0.6 is 11.3 Å². The molecule has 1 aromatic heterocycles. The second-order valence-electron chi connectivity index (χ2n) is 6.79. The van der Waals surface area contributed by atoms with Gasteiger partial charge in [-0.2, -0.15) is 0 Å². The van der Waals surface area contributed by atoms with E-state index in [-0.39, 0.29) is 5.91 Å². The van der Waals surface area contributed by atoms with E-state index in [9.17, 15) is 4.79 Å². The molecule has 1 fully saturated rings. The number of amides is 1. The average Bonchev–Trinajstić information content (AvgIpc) is 3.03. The lowest BCUT2D eigenvalue weighted by Crippen LogP contribution is -2.49. The molecular formula is C19H26N2O2S. The van der Waals surface area contributed by atoms with Gasteiger partial charge >= 0.3 is 0 Å². The van der Waals surface area contributed by atoms with E-state index in [0.29, 0.717) is 18.5 Å². The van der Waals surface area contributed by atoms with Crippen LogP contribution in [0.2, 0.25) is 0 Å². The second kappa shape index (κ2) is 8.10. The summed E-state index contributed by atoms with van der Waals surface area (Å²) in [5, 5.41) is 6.18. The summed E-state index contributed by atoms with van der Waals surface area (Å²) in [5.41, 5.74) is 0.792. The fraction of sp³-hybridized carbons (Fsp3) is 0.526. The molecule has 24 heavy (non-hydrogen) atoms. The number of thiophene rings is 1. The Morgan fingerprint density at radius 3 is 2.79 bits per heavy atom. The number of hydrogen-bond acceptors (Lipinski definition) is 4. The largest absolute Gasteiger partial charge is 0.379 e. The van der Waals surface area contributed by atoms with Crippen molar-refractivity contribution in [1.82, 2.24) is 10.2 Å². The number of rotatable bonds is 6. The van der Waals surface area contributed by atoms with Gasteiger partial charge in [0.05, 0.1) is 18.8 Å². The van der Waals surface area contributed by atoms with Gasteiger partial charge in [0.25, 0.3) is 5.91 Å². The summed E-state index contributed by atoms with van der Waals surface area (Å²) in [6, 6.07) is 8.46. The fourth-order valence-corrected chi connectivity index (χ4v) is 4.25. The molecular weight excluding hydrogens is 320 g/mol. The number of fused-ring (bicyclic) bond motifs is 1. The zero-order valence-corrected chi connectivity index (χ0v) is 15.3. The summed E-state index contributed by atoms with van der Waals surface area (Å²) < 4.78 is 6.62. The number of hydrogen-bond donors (Lipinski definition) is 1. The Morgan fingerprint density at radius 2 is 2.04 bits per heavy atom. The molecule has 0 radical (unpaired) electrons. The minimum Gasteiger partial charge on any atom is -0.379 e. The first-order chi connectivity index (χ1) is 11.6. The predicted molar refractivity (Wildman–Crippen MR) is 99.8 cm³/mol. The molecule has 5 heteroatoms. The van der Waals surface area contributed by atoms with Crippen LogP contribution in [0.5, 0.6) is 0 Å². The van der Waals surface area contributed by atoms with Crippen LogP contribution in [0.4, 0.5) is 0 Å². The van der Waals surface area contributed by atoms with Gasteiger partial charge in [0.2, 0.25) is 0 Å². The molecule has 0 unspecified atom stereocenters. The Morgan fingerprint density at radius 1 is 1.29 bits per heavy atom. The van der Waals surface area contributed by atoms with Crippen LogP contribution in [-0.4, -0.2) is 49.7 Å². The minimum atomic E-state index is 0.0365. The van der Waals surface area contributed by atoms with E-state index < -0.39 is 0 Å². The third-order valence-corrected chi connectivity index (χ3v) is 5.49. The molecule has 1 amide bonds. The van der Waals surface area contributed by atoms with Gasteiger partial charge in [0, 0.05) is 41.1 Å². The first kappa shape index (κ1) is 17.4. The van der Waals surface area contributed by atoms with Crippen LogP contribution in [-0.2, 0) is 4.74 Å². The average molecular weight is 346 g/mol. The number of benzene rings is 1. The predicted octanol–water partition coefficient (Wildman–Crippen LogP) is 3.38. The maximum atomic E-state index is 12.6. The first-order valence-corrected chi connectivity index (χ1v) is 9.59. The summed E-state index contributed by atoms with van der Waals surface area (Å²) in [5.74, 6) is 0.645. The summed E-state index contributed by atoms with van der Waals surface area (Å²) in [6.45, 7) is 8.66. The van der Waals surface area contributed by atoms with Gasteiger partial charge in [-0.1, -0.05) is 32.0 Å². The molecule has 0 aliphatic carbocycles. The Bertz CT molecular complexity index is 677. The number of carbonyl (C=O) groups is 1. The Balaban J connectivity index is 1.65. The standard InChI is InChI=1S/C19H26N2O2S/c1-14(2)11-15(21-7-9-23-10-8-21)12-20-19(22)17-13-24-18-6-4-3-5-16(17)18/h3-6,13-15H,7-12H2,1-2H3,(H,20,22)/t15-/m0/s1. The monoisotopic (exact) mass is 346 g/mol. The number of ether oxygens (including phenoxy) is 1. The number of nitrogens with zero attached hydrogens (tertiary/aromatic N) is 1. The van der Waals surface area contributed by atoms with Crippen molar-refractivity contribution >= 4 is 27.3 Å². The van der Waals surface area contributed by atoms with Crippen molar-refractivity contribution in [2.45, 2.75) is 26.3 Å². The number of morpholine rings is 1. The van der Waals surface area contributed by atoms with Crippen molar-refractivity contribution in [1.29, 1.82) is 0 Å². The van der Waals surface area contributed by atoms with Crippen molar-refractivity contribution in [2.24, 2.45) is 5.92 Å². The first-order valence-electron chi connectivity index (χ1n) is 8.71. The normalized spacial score (nSPS) is 17.3. The molecule has 3 rings (SSSR count). The highest BCUT2D eigenvalue weighted by Crippen LogP contribution is 2.25. The molecule has 0 spiro atoms. The van der Waals surface area contributed by atoms with Crippen molar-refractivity contribution < 1.29 is 9.53 Å². The molecule has 4 nitrogen and oxygen atoms in total. The third kappa shape index (κ3) is 4.15. The van der Waals surface area contributed by atoms with E-state index in [4.69, 9.17) is 4.74 Å². The van der Waals surface area contributed by atoms with Gasteiger partial charge in [0.1, 0.15) is 0 Å². The number of nitrogens with one attached hydrogen (secondary N) is 1. The highest BCUT2D eigenvalue weighted by atomic mass is 32.1. The highest BCUT2D eigenvalue weighted by Gasteiger charge is 2.23. The molecule has 1 N–H and O–H groups in total. The van der Waals surface area contributed by atoms with E-state index in [1.165, 1.54) is 0 Å². The van der Waals surface area contributed by atoms with Gasteiger partial charge in [-0.15, -0.1) is 11.3 Å². The van der Waals surface area contributed by atoms with Gasteiger partial charge in [0.15, 0.2) is 0 Å². The van der Waals surface area contributed by atoms with E-state index in [0.717, 1.165) is 48.4 Å². The Labute approximate surface area is 147 Å².